The third kappa shape index (κ3) is 4.47. The first kappa shape index (κ1) is 12.7. The van der Waals surface area contributed by atoms with E-state index in [0.717, 1.165) is 12.8 Å². The first-order valence-corrected chi connectivity index (χ1v) is 5.35. The minimum absolute atomic E-state index is 0.189. The monoisotopic (exact) mass is 184 g/mol. The summed E-state index contributed by atoms with van der Waals surface area (Å²) in [7, 11) is 0. The van der Waals surface area contributed by atoms with Crippen molar-refractivity contribution in [3.05, 3.63) is 11.6 Å². The minimum atomic E-state index is -0.189. The van der Waals surface area contributed by atoms with Crippen LogP contribution in [0.4, 0.5) is 0 Å². The van der Waals surface area contributed by atoms with E-state index in [4.69, 9.17) is 0 Å². The zero-order valence-corrected chi connectivity index (χ0v) is 9.67. The van der Waals surface area contributed by atoms with Crippen LogP contribution in [0.15, 0.2) is 11.6 Å². The second-order valence-electron chi connectivity index (χ2n) is 4.13. The van der Waals surface area contributed by atoms with Gasteiger partial charge in [-0.25, -0.2) is 0 Å². The van der Waals surface area contributed by atoms with E-state index >= 15 is 0 Å². The number of hydrogen-bond acceptors (Lipinski definition) is 1. The average Bonchev–Trinajstić information content (AvgIpc) is 2.02. The Labute approximate surface area is 82.9 Å². The van der Waals surface area contributed by atoms with E-state index in [2.05, 4.69) is 33.8 Å². The van der Waals surface area contributed by atoms with Gasteiger partial charge in [-0.2, -0.15) is 0 Å². The first-order valence-electron chi connectivity index (χ1n) is 5.35. The van der Waals surface area contributed by atoms with Gasteiger partial charge < -0.3 is 5.11 Å². The fraction of sp³-hybridized carbons (Fsp3) is 0.833. The van der Waals surface area contributed by atoms with Gasteiger partial charge in [0.05, 0.1) is 6.10 Å². The Morgan fingerprint density at radius 1 is 1.23 bits per heavy atom. The van der Waals surface area contributed by atoms with Crippen LogP contribution in [0.5, 0.6) is 0 Å². The van der Waals surface area contributed by atoms with Gasteiger partial charge in [-0.3, -0.25) is 0 Å². The number of aliphatic hydroxyl groups is 1. The highest BCUT2D eigenvalue weighted by Crippen LogP contribution is 2.25. The smallest absolute Gasteiger partial charge is 0.0545 e. The number of hydrogen-bond donors (Lipinski definition) is 1. The molecule has 0 aliphatic heterocycles. The molecule has 0 aromatic heterocycles. The molecule has 0 fully saturated rings. The molecule has 3 unspecified atom stereocenters. The number of rotatable bonds is 5. The molecule has 1 nitrogen and oxygen atoms in total. The van der Waals surface area contributed by atoms with E-state index in [1.54, 1.807) is 0 Å². The summed E-state index contributed by atoms with van der Waals surface area (Å²) >= 11 is 0. The van der Waals surface area contributed by atoms with Crippen LogP contribution in [-0.4, -0.2) is 11.2 Å². The molecule has 0 heterocycles. The molecular formula is C12H24O. The lowest BCUT2D eigenvalue weighted by atomic mass is 9.83. The van der Waals surface area contributed by atoms with Crippen LogP contribution in [0, 0.1) is 11.8 Å². The van der Waals surface area contributed by atoms with Crippen molar-refractivity contribution in [1.29, 1.82) is 0 Å². The van der Waals surface area contributed by atoms with Crippen molar-refractivity contribution in [2.75, 3.05) is 0 Å². The third-order valence-corrected chi connectivity index (χ3v) is 2.66. The predicted molar refractivity (Wildman–Crippen MR) is 58.7 cm³/mol. The molecule has 0 saturated carbocycles. The Hall–Kier alpha value is -0.300. The van der Waals surface area contributed by atoms with Crippen LogP contribution in [0.25, 0.3) is 0 Å². The molecule has 1 heteroatoms. The van der Waals surface area contributed by atoms with Crippen molar-refractivity contribution in [3.8, 4) is 0 Å². The Bertz CT molecular complexity index is 155. The van der Waals surface area contributed by atoms with Crippen molar-refractivity contribution in [2.45, 2.75) is 53.6 Å². The lowest BCUT2D eigenvalue weighted by Crippen LogP contribution is -2.23. The van der Waals surface area contributed by atoms with E-state index in [1.807, 2.05) is 6.92 Å². The van der Waals surface area contributed by atoms with Gasteiger partial charge in [-0.1, -0.05) is 31.9 Å². The number of aliphatic hydroxyl groups excluding tert-OH is 1. The zero-order chi connectivity index (χ0) is 10.4. The first-order chi connectivity index (χ1) is 6.02. The Morgan fingerprint density at radius 2 is 1.77 bits per heavy atom. The third-order valence-electron chi connectivity index (χ3n) is 2.66. The van der Waals surface area contributed by atoms with Gasteiger partial charge in [0.1, 0.15) is 0 Å². The maximum Gasteiger partial charge on any atom is 0.0545 e. The quantitative estimate of drug-likeness (QED) is 0.649. The molecule has 0 aliphatic carbocycles. The van der Waals surface area contributed by atoms with Gasteiger partial charge >= 0.3 is 0 Å². The second-order valence-corrected chi connectivity index (χ2v) is 4.13. The van der Waals surface area contributed by atoms with E-state index in [0.29, 0.717) is 11.8 Å². The molecule has 0 aliphatic rings. The molecule has 0 amide bonds. The van der Waals surface area contributed by atoms with Crippen LogP contribution in [-0.2, 0) is 0 Å². The van der Waals surface area contributed by atoms with Crippen LogP contribution in [0.1, 0.15) is 47.5 Å². The minimum Gasteiger partial charge on any atom is -0.393 e. The standard InChI is InChI=1S/C12H24O/c1-6-11(8-9(3)4)12(7-2)10(5)13/h8,10-13H,6-7H2,1-5H3. The summed E-state index contributed by atoms with van der Waals surface area (Å²) < 4.78 is 0. The summed E-state index contributed by atoms with van der Waals surface area (Å²) in [5, 5.41) is 9.60. The van der Waals surface area contributed by atoms with Crippen LogP contribution >= 0.6 is 0 Å². The van der Waals surface area contributed by atoms with Gasteiger partial charge in [0, 0.05) is 0 Å². The van der Waals surface area contributed by atoms with Crippen molar-refractivity contribution >= 4 is 0 Å². The SMILES string of the molecule is CCC(C=C(C)C)C(CC)C(C)O. The van der Waals surface area contributed by atoms with Crippen LogP contribution in [0.3, 0.4) is 0 Å². The Balaban J connectivity index is 4.43. The van der Waals surface area contributed by atoms with Gasteiger partial charge in [0.2, 0.25) is 0 Å². The molecule has 78 valence electrons. The largest absolute Gasteiger partial charge is 0.393 e. The normalized spacial score (nSPS) is 17.7. The molecule has 0 aromatic carbocycles. The molecule has 13 heavy (non-hydrogen) atoms. The summed E-state index contributed by atoms with van der Waals surface area (Å²) in [5.41, 5.74) is 1.35. The van der Waals surface area contributed by atoms with Crippen LogP contribution in [0.2, 0.25) is 0 Å². The van der Waals surface area contributed by atoms with E-state index in [1.165, 1.54) is 5.57 Å². The molecular weight excluding hydrogens is 160 g/mol. The average molecular weight is 184 g/mol. The molecule has 3 atom stereocenters. The van der Waals surface area contributed by atoms with Crippen molar-refractivity contribution in [3.63, 3.8) is 0 Å². The lowest BCUT2D eigenvalue weighted by molar-refractivity contribution is 0.0964. The molecule has 0 radical (unpaired) electrons. The maximum atomic E-state index is 9.60. The highest BCUT2D eigenvalue weighted by Gasteiger charge is 2.20. The number of allylic oxidation sites excluding steroid dienone is 2. The lowest BCUT2D eigenvalue weighted by Gasteiger charge is -2.25. The van der Waals surface area contributed by atoms with Crippen molar-refractivity contribution in [1.82, 2.24) is 0 Å². The fourth-order valence-electron chi connectivity index (χ4n) is 1.97. The Kier molecular flexibility index (Phi) is 6.06. The summed E-state index contributed by atoms with van der Waals surface area (Å²) in [6, 6.07) is 0. The van der Waals surface area contributed by atoms with Crippen molar-refractivity contribution < 1.29 is 5.11 Å². The highest BCUT2D eigenvalue weighted by molar-refractivity contribution is 4.99. The second kappa shape index (κ2) is 6.20. The van der Waals surface area contributed by atoms with E-state index in [-0.39, 0.29) is 6.10 Å². The van der Waals surface area contributed by atoms with Gasteiger partial charge in [0.15, 0.2) is 0 Å². The summed E-state index contributed by atoms with van der Waals surface area (Å²) in [4.78, 5) is 0. The van der Waals surface area contributed by atoms with E-state index in [9.17, 15) is 5.11 Å². The molecule has 0 saturated heterocycles. The summed E-state index contributed by atoms with van der Waals surface area (Å²) in [5.74, 6) is 0.954. The molecule has 1 N–H and O–H groups in total. The zero-order valence-electron chi connectivity index (χ0n) is 9.67. The topological polar surface area (TPSA) is 20.2 Å². The van der Waals surface area contributed by atoms with E-state index < -0.39 is 0 Å². The van der Waals surface area contributed by atoms with Gasteiger partial charge in [0.25, 0.3) is 0 Å². The van der Waals surface area contributed by atoms with Gasteiger partial charge in [-0.15, -0.1) is 0 Å². The van der Waals surface area contributed by atoms with Gasteiger partial charge in [-0.05, 0) is 39.0 Å². The molecule has 0 rings (SSSR count). The summed E-state index contributed by atoms with van der Waals surface area (Å²) in [6.07, 6.45) is 4.28. The van der Waals surface area contributed by atoms with Crippen molar-refractivity contribution in [2.24, 2.45) is 11.8 Å². The van der Waals surface area contributed by atoms with Crippen LogP contribution < -0.4 is 0 Å². The molecule has 0 aromatic rings. The predicted octanol–water partition coefficient (Wildman–Crippen LogP) is 3.39. The fourth-order valence-corrected chi connectivity index (χ4v) is 1.97. The maximum absolute atomic E-state index is 9.60. The molecule has 0 spiro atoms. The molecule has 0 bridgehead atoms. The highest BCUT2D eigenvalue weighted by atomic mass is 16.3. The summed E-state index contributed by atoms with van der Waals surface area (Å²) in [6.45, 7) is 10.5. The Morgan fingerprint density at radius 3 is 2.00 bits per heavy atom.